The summed E-state index contributed by atoms with van der Waals surface area (Å²) in [5.74, 6) is 0.615. The Labute approximate surface area is 116 Å². The fourth-order valence-electron chi connectivity index (χ4n) is 2.54. The molecule has 2 aromatic rings. The molecule has 0 spiro atoms. The van der Waals surface area contributed by atoms with Crippen molar-refractivity contribution in [2.24, 2.45) is 5.92 Å². The SMILES string of the molecule is OCC1CCN(Cc2coc(-c3ccc(F)cc3)n2)C1. The molecule has 0 aliphatic carbocycles. The van der Waals surface area contributed by atoms with Gasteiger partial charge in [-0.05, 0) is 43.1 Å². The number of likely N-dealkylation sites (tertiary alicyclic amines) is 1. The van der Waals surface area contributed by atoms with E-state index in [4.69, 9.17) is 9.52 Å². The highest BCUT2D eigenvalue weighted by Gasteiger charge is 2.22. The van der Waals surface area contributed by atoms with Crippen molar-refractivity contribution in [1.82, 2.24) is 9.88 Å². The van der Waals surface area contributed by atoms with Crippen molar-refractivity contribution >= 4 is 0 Å². The second-order valence-corrected chi connectivity index (χ2v) is 5.22. The summed E-state index contributed by atoms with van der Waals surface area (Å²) in [6.07, 6.45) is 2.67. The zero-order chi connectivity index (χ0) is 13.9. The average molecular weight is 276 g/mol. The van der Waals surface area contributed by atoms with Gasteiger partial charge in [-0.15, -0.1) is 0 Å². The molecule has 2 heterocycles. The van der Waals surface area contributed by atoms with E-state index in [9.17, 15) is 4.39 Å². The first-order valence-electron chi connectivity index (χ1n) is 6.78. The van der Waals surface area contributed by atoms with Gasteiger partial charge >= 0.3 is 0 Å². The second kappa shape index (κ2) is 5.73. The second-order valence-electron chi connectivity index (χ2n) is 5.22. The summed E-state index contributed by atoms with van der Waals surface area (Å²) < 4.78 is 18.3. The molecule has 106 valence electrons. The predicted octanol–water partition coefficient (Wildman–Crippen LogP) is 2.29. The van der Waals surface area contributed by atoms with E-state index in [-0.39, 0.29) is 12.4 Å². The van der Waals surface area contributed by atoms with Gasteiger partial charge in [-0.25, -0.2) is 9.37 Å². The third-order valence-corrected chi connectivity index (χ3v) is 3.66. The molecule has 20 heavy (non-hydrogen) atoms. The number of aliphatic hydroxyl groups excluding tert-OH is 1. The van der Waals surface area contributed by atoms with Gasteiger partial charge in [0.15, 0.2) is 0 Å². The van der Waals surface area contributed by atoms with E-state index in [1.807, 2.05) is 0 Å². The van der Waals surface area contributed by atoms with Gasteiger partial charge < -0.3 is 9.52 Å². The zero-order valence-corrected chi connectivity index (χ0v) is 11.1. The molecule has 1 N–H and O–H groups in total. The molecular formula is C15H17FN2O2. The minimum absolute atomic E-state index is 0.246. The lowest BCUT2D eigenvalue weighted by Crippen LogP contribution is -2.21. The van der Waals surface area contributed by atoms with Gasteiger partial charge in [0.05, 0.1) is 5.69 Å². The Morgan fingerprint density at radius 3 is 2.85 bits per heavy atom. The Hall–Kier alpha value is -1.72. The molecule has 1 saturated heterocycles. The Morgan fingerprint density at radius 1 is 1.35 bits per heavy atom. The Morgan fingerprint density at radius 2 is 2.15 bits per heavy atom. The van der Waals surface area contributed by atoms with E-state index in [0.29, 0.717) is 11.8 Å². The maximum atomic E-state index is 12.9. The molecule has 1 unspecified atom stereocenters. The van der Waals surface area contributed by atoms with Crippen LogP contribution in [0.3, 0.4) is 0 Å². The van der Waals surface area contributed by atoms with Crippen LogP contribution < -0.4 is 0 Å². The molecule has 0 bridgehead atoms. The van der Waals surface area contributed by atoms with Crippen molar-refractivity contribution in [3.63, 3.8) is 0 Å². The van der Waals surface area contributed by atoms with Crippen LogP contribution in [0.5, 0.6) is 0 Å². The molecule has 1 aliphatic rings. The van der Waals surface area contributed by atoms with Crippen molar-refractivity contribution in [1.29, 1.82) is 0 Å². The standard InChI is InChI=1S/C15H17FN2O2/c16-13-3-1-12(2-4-13)15-17-14(10-20-15)8-18-6-5-11(7-18)9-19/h1-4,10-11,19H,5-9H2. The number of halogens is 1. The molecule has 3 rings (SSSR count). The number of benzene rings is 1. The maximum absolute atomic E-state index is 12.9. The number of nitrogens with zero attached hydrogens (tertiary/aromatic N) is 2. The van der Waals surface area contributed by atoms with E-state index in [0.717, 1.165) is 37.3 Å². The van der Waals surface area contributed by atoms with Crippen LogP contribution in [0.15, 0.2) is 34.9 Å². The molecule has 0 amide bonds. The normalized spacial score (nSPS) is 19.6. The van der Waals surface area contributed by atoms with Crippen LogP contribution in [0, 0.1) is 11.7 Å². The van der Waals surface area contributed by atoms with Crippen LogP contribution in [0.25, 0.3) is 11.5 Å². The van der Waals surface area contributed by atoms with Crippen molar-refractivity contribution in [3.05, 3.63) is 42.0 Å². The lowest BCUT2D eigenvalue weighted by Gasteiger charge is -2.12. The summed E-state index contributed by atoms with van der Waals surface area (Å²) in [6.45, 7) is 2.84. The molecule has 1 fully saturated rings. The van der Waals surface area contributed by atoms with Gasteiger partial charge in [0.25, 0.3) is 0 Å². The fourth-order valence-corrected chi connectivity index (χ4v) is 2.54. The molecule has 1 aromatic heterocycles. The molecule has 0 saturated carbocycles. The highest BCUT2D eigenvalue weighted by atomic mass is 19.1. The lowest BCUT2D eigenvalue weighted by atomic mass is 10.1. The number of aliphatic hydroxyl groups is 1. The highest BCUT2D eigenvalue weighted by Crippen LogP contribution is 2.21. The van der Waals surface area contributed by atoms with Crippen LogP contribution in [0.1, 0.15) is 12.1 Å². The quantitative estimate of drug-likeness (QED) is 0.931. The van der Waals surface area contributed by atoms with E-state index < -0.39 is 0 Å². The van der Waals surface area contributed by atoms with Crippen molar-refractivity contribution in [2.75, 3.05) is 19.7 Å². The maximum Gasteiger partial charge on any atom is 0.226 e. The summed E-state index contributed by atoms with van der Waals surface area (Å²) in [5.41, 5.74) is 1.63. The molecule has 4 nitrogen and oxygen atoms in total. The van der Waals surface area contributed by atoms with Crippen LogP contribution in [0.2, 0.25) is 0 Å². The molecular weight excluding hydrogens is 259 g/mol. The van der Waals surface area contributed by atoms with Gasteiger partial charge in [-0.1, -0.05) is 0 Å². The average Bonchev–Trinajstić information content (AvgIpc) is 3.09. The summed E-state index contributed by atoms with van der Waals surface area (Å²) in [4.78, 5) is 6.69. The van der Waals surface area contributed by atoms with Crippen LogP contribution >= 0.6 is 0 Å². The molecule has 1 aromatic carbocycles. The van der Waals surface area contributed by atoms with Gasteiger partial charge in [0.1, 0.15) is 12.1 Å². The van der Waals surface area contributed by atoms with E-state index in [1.165, 1.54) is 12.1 Å². The van der Waals surface area contributed by atoms with Gasteiger partial charge in [-0.2, -0.15) is 0 Å². The highest BCUT2D eigenvalue weighted by molar-refractivity contribution is 5.52. The molecule has 1 atom stereocenters. The monoisotopic (exact) mass is 276 g/mol. The van der Waals surface area contributed by atoms with E-state index >= 15 is 0 Å². The zero-order valence-electron chi connectivity index (χ0n) is 11.1. The first-order chi connectivity index (χ1) is 9.74. The Balaban J connectivity index is 1.66. The third-order valence-electron chi connectivity index (χ3n) is 3.66. The lowest BCUT2D eigenvalue weighted by molar-refractivity contribution is 0.219. The Kier molecular flexibility index (Phi) is 3.80. The van der Waals surface area contributed by atoms with Gasteiger partial charge in [-0.3, -0.25) is 4.90 Å². The van der Waals surface area contributed by atoms with E-state index in [2.05, 4.69) is 9.88 Å². The first-order valence-corrected chi connectivity index (χ1v) is 6.78. The number of hydrogen-bond donors (Lipinski definition) is 1. The van der Waals surface area contributed by atoms with Gasteiger partial charge in [0, 0.05) is 25.3 Å². The minimum Gasteiger partial charge on any atom is -0.444 e. The first kappa shape index (κ1) is 13.3. The summed E-state index contributed by atoms with van der Waals surface area (Å²) in [6, 6.07) is 6.10. The number of aromatic nitrogens is 1. The fraction of sp³-hybridized carbons (Fsp3) is 0.400. The van der Waals surface area contributed by atoms with E-state index in [1.54, 1.807) is 18.4 Å². The summed E-state index contributed by atoms with van der Waals surface area (Å²) in [5, 5.41) is 9.13. The van der Waals surface area contributed by atoms with Crippen LogP contribution in [-0.2, 0) is 6.54 Å². The largest absolute Gasteiger partial charge is 0.444 e. The third kappa shape index (κ3) is 2.89. The molecule has 5 heteroatoms. The van der Waals surface area contributed by atoms with Crippen molar-refractivity contribution in [3.8, 4) is 11.5 Å². The van der Waals surface area contributed by atoms with Gasteiger partial charge in [0.2, 0.25) is 5.89 Å². The number of rotatable bonds is 4. The topological polar surface area (TPSA) is 49.5 Å². The van der Waals surface area contributed by atoms with Crippen LogP contribution in [-0.4, -0.2) is 34.7 Å². The smallest absolute Gasteiger partial charge is 0.226 e. The number of oxazole rings is 1. The number of hydrogen-bond acceptors (Lipinski definition) is 4. The Bertz CT molecular complexity index is 568. The minimum atomic E-state index is -0.271. The molecule has 0 radical (unpaired) electrons. The molecule has 1 aliphatic heterocycles. The van der Waals surface area contributed by atoms with Crippen molar-refractivity contribution < 1.29 is 13.9 Å². The summed E-state index contributed by atoms with van der Waals surface area (Å²) in [7, 11) is 0. The summed E-state index contributed by atoms with van der Waals surface area (Å²) >= 11 is 0. The van der Waals surface area contributed by atoms with Crippen molar-refractivity contribution in [2.45, 2.75) is 13.0 Å². The predicted molar refractivity (Wildman–Crippen MR) is 72.4 cm³/mol. The van der Waals surface area contributed by atoms with Crippen LogP contribution in [0.4, 0.5) is 4.39 Å².